The third-order valence-electron chi connectivity index (χ3n) is 6.61. The molecule has 0 spiro atoms. The molecule has 0 aromatic heterocycles. The summed E-state index contributed by atoms with van der Waals surface area (Å²) in [5, 5.41) is 37.6. The minimum atomic E-state index is -3.68. The summed E-state index contributed by atoms with van der Waals surface area (Å²) < 4.78 is 27.0. The number of rotatable bonds is 17. The summed E-state index contributed by atoms with van der Waals surface area (Å²) in [6.45, 7) is 7.07. The second-order valence-corrected chi connectivity index (χ2v) is 14.2. The molecule has 11 heteroatoms. The molecule has 0 fully saturated rings. The molecule has 0 saturated heterocycles. The highest BCUT2D eigenvalue weighted by Crippen LogP contribution is 2.24. The van der Waals surface area contributed by atoms with Crippen molar-refractivity contribution in [2.24, 2.45) is 0 Å². The number of carboxylic acid groups (broad SMARTS) is 2. The van der Waals surface area contributed by atoms with Gasteiger partial charge in [0.05, 0.1) is 22.4 Å². The largest absolute Gasteiger partial charge is 0.480 e. The van der Waals surface area contributed by atoms with E-state index in [0.29, 0.717) is 36.8 Å². The van der Waals surface area contributed by atoms with E-state index in [1.54, 1.807) is 62.4 Å². The van der Waals surface area contributed by atoms with Gasteiger partial charge in [-0.3, -0.25) is 9.59 Å². The first kappa shape index (κ1) is 37.0. The number of benzene rings is 1. The first-order valence-corrected chi connectivity index (χ1v) is 16.5. The molecule has 228 valence electrons. The average Bonchev–Trinajstić information content (AvgIpc) is 2.93. The molecule has 0 saturated carbocycles. The molecule has 1 aromatic rings. The molecule has 0 bridgehead atoms. The summed E-state index contributed by atoms with van der Waals surface area (Å²) in [7, 11) is -3.68. The maximum absolute atomic E-state index is 13.5. The average molecular weight is 721 g/mol. The number of carboxylic acids is 2. The zero-order chi connectivity index (χ0) is 31.3. The fourth-order valence-corrected chi connectivity index (χ4v) is 6.40. The summed E-state index contributed by atoms with van der Waals surface area (Å²) in [5.74, 6) is -2.31. The van der Waals surface area contributed by atoms with Gasteiger partial charge in [0.25, 0.3) is 0 Å². The molecule has 4 N–H and O–H groups in total. The van der Waals surface area contributed by atoms with Crippen LogP contribution in [-0.2, 0) is 19.4 Å². The number of alkyl halides is 2. The van der Waals surface area contributed by atoms with Gasteiger partial charge in [-0.05, 0) is 83.1 Å². The maximum atomic E-state index is 13.5. The van der Waals surface area contributed by atoms with E-state index in [2.05, 4.69) is 31.9 Å². The highest BCUT2D eigenvalue weighted by molar-refractivity contribution is 9.10. The van der Waals surface area contributed by atoms with E-state index < -0.39 is 48.9 Å². The van der Waals surface area contributed by atoms with E-state index in [-0.39, 0.29) is 11.3 Å². The van der Waals surface area contributed by atoms with Crippen LogP contribution in [0.1, 0.15) is 59.8 Å². The molecule has 41 heavy (non-hydrogen) atoms. The predicted octanol–water partition coefficient (Wildman–Crippen LogP) is 5.98. The Labute approximate surface area is 259 Å². The van der Waals surface area contributed by atoms with E-state index >= 15 is 0 Å². The smallest absolute Gasteiger partial charge is 0.320 e. The normalized spacial score (nSPS) is 17.5. The first-order chi connectivity index (χ1) is 19.1. The highest BCUT2D eigenvalue weighted by Gasteiger charge is 2.26. The van der Waals surface area contributed by atoms with Crippen molar-refractivity contribution in [1.29, 1.82) is 0 Å². The second-order valence-electron chi connectivity index (χ2n) is 10.0. The molecule has 0 aliphatic rings. The van der Waals surface area contributed by atoms with Gasteiger partial charge in [-0.15, -0.1) is 0 Å². The Morgan fingerprint density at radius 3 is 1.66 bits per heavy atom. The molecule has 0 amide bonds. The van der Waals surface area contributed by atoms with Gasteiger partial charge in [0.1, 0.15) is 9.65 Å². The Balaban J connectivity index is 3.05. The lowest BCUT2D eigenvalue weighted by Crippen LogP contribution is -2.29. The molecule has 1 rings (SSSR count). The van der Waals surface area contributed by atoms with Crippen LogP contribution < -0.4 is 0 Å². The third kappa shape index (κ3) is 12.4. The Morgan fingerprint density at radius 2 is 1.22 bits per heavy atom. The van der Waals surface area contributed by atoms with Crippen LogP contribution >= 0.6 is 31.9 Å². The van der Waals surface area contributed by atoms with Crippen molar-refractivity contribution in [3.8, 4) is 0 Å². The van der Waals surface area contributed by atoms with E-state index in [9.17, 15) is 28.2 Å². The van der Waals surface area contributed by atoms with Gasteiger partial charge in [-0.25, -0.2) is 8.42 Å². The number of hydrogen-bond acceptors (Lipinski definition) is 6. The quantitative estimate of drug-likeness (QED) is 0.114. The number of allylic oxidation sites excluding steroid dienone is 5. The number of aliphatic carboxylic acids is 2. The lowest BCUT2D eigenvalue weighted by molar-refractivity contribution is -0.138. The van der Waals surface area contributed by atoms with Crippen LogP contribution in [0.15, 0.2) is 81.8 Å². The Morgan fingerprint density at radius 1 is 0.780 bits per heavy atom. The molecular weight excluding hydrogens is 680 g/mol. The number of aliphatic hydroxyl groups excluding tert-OH is 2. The molecule has 8 nitrogen and oxygen atoms in total. The Bertz CT molecular complexity index is 1250. The topological polar surface area (TPSA) is 149 Å². The van der Waals surface area contributed by atoms with Crippen molar-refractivity contribution in [2.75, 3.05) is 0 Å². The summed E-state index contributed by atoms with van der Waals surface area (Å²) in [4.78, 5) is 20.2. The zero-order valence-electron chi connectivity index (χ0n) is 23.7. The first-order valence-electron chi connectivity index (χ1n) is 13.1. The van der Waals surface area contributed by atoms with Gasteiger partial charge in [0, 0.05) is 0 Å². The monoisotopic (exact) mass is 718 g/mol. The number of sulfone groups is 1. The van der Waals surface area contributed by atoms with Crippen LogP contribution in [0.3, 0.4) is 0 Å². The van der Waals surface area contributed by atoms with Crippen molar-refractivity contribution in [2.45, 2.75) is 91.8 Å². The van der Waals surface area contributed by atoms with Crippen molar-refractivity contribution in [3.05, 3.63) is 76.9 Å². The van der Waals surface area contributed by atoms with Crippen LogP contribution in [0.5, 0.6) is 0 Å². The SMILES string of the molecule is CC(=CCC(C=C(C)CCC=C(C)C(O)C(Br)C(=O)O)S(=O)(=O)c1ccccc1)CCC=C(C)C(O)C(Br)C(=O)O. The summed E-state index contributed by atoms with van der Waals surface area (Å²) in [6, 6.07) is 8.26. The predicted molar refractivity (Wildman–Crippen MR) is 168 cm³/mol. The number of carbonyl (C=O) groups is 2. The summed E-state index contributed by atoms with van der Waals surface area (Å²) in [5.41, 5.74) is 2.87. The van der Waals surface area contributed by atoms with Gasteiger partial charge >= 0.3 is 11.9 Å². The minimum absolute atomic E-state index is 0.228. The number of aliphatic hydroxyl groups is 2. The maximum Gasteiger partial charge on any atom is 0.320 e. The molecule has 0 aliphatic carbocycles. The van der Waals surface area contributed by atoms with Crippen molar-refractivity contribution >= 4 is 53.6 Å². The Kier molecular flexibility index (Phi) is 16.1. The summed E-state index contributed by atoms with van der Waals surface area (Å²) >= 11 is 5.93. The molecule has 5 unspecified atom stereocenters. The summed E-state index contributed by atoms with van der Waals surface area (Å²) in [6.07, 6.45) is 7.32. The molecule has 1 aromatic carbocycles. The lowest BCUT2D eigenvalue weighted by atomic mass is 10.0. The molecule has 0 aliphatic heterocycles. The van der Waals surface area contributed by atoms with Gasteiger partial charge < -0.3 is 20.4 Å². The molecule has 5 atom stereocenters. The van der Waals surface area contributed by atoms with Crippen LogP contribution in [0.2, 0.25) is 0 Å². The van der Waals surface area contributed by atoms with Gasteiger partial charge in [0.2, 0.25) is 0 Å². The van der Waals surface area contributed by atoms with Gasteiger partial charge in [-0.2, -0.15) is 0 Å². The van der Waals surface area contributed by atoms with E-state index in [0.717, 1.165) is 11.1 Å². The van der Waals surface area contributed by atoms with Crippen molar-refractivity contribution in [1.82, 2.24) is 0 Å². The third-order valence-corrected chi connectivity index (χ3v) is 10.4. The van der Waals surface area contributed by atoms with E-state index in [1.165, 1.54) is 0 Å². The fraction of sp³-hybridized carbons (Fsp3) is 0.467. The molecular formula is C30H40Br2O8S. The fourth-order valence-electron chi connectivity index (χ4n) is 3.92. The number of hydrogen-bond donors (Lipinski definition) is 4. The lowest BCUT2D eigenvalue weighted by Gasteiger charge is -2.16. The molecule has 0 radical (unpaired) electrons. The van der Waals surface area contributed by atoms with Crippen LogP contribution in [0, 0.1) is 0 Å². The van der Waals surface area contributed by atoms with Crippen molar-refractivity contribution < 1.29 is 38.4 Å². The standard InChI is InChI=1S/C30H40Br2O8S/c1-19(10-8-12-21(3)27(33)25(31)29(35)36)16-17-24(41(39,40)23-14-6-5-7-15-23)18-20(2)11-9-13-22(4)28(34)26(32)30(37)38/h5-7,12-16,18,24-28,33-34H,8-11,17H2,1-4H3,(H,35,36)(H,37,38). The zero-order valence-corrected chi connectivity index (χ0v) is 27.7. The van der Waals surface area contributed by atoms with E-state index in [1.807, 2.05) is 19.9 Å². The Hall–Kier alpha value is -2.05. The second kappa shape index (κ2) is 17.8. The van der Waals surface area contributed by atoms with Crippen LogP contribution in [0.25, 0.3) is 0 Å². The minimum Gasteiger partial charge on any atom is -0.480 e. The van der Waals surface area contributed by atoms with Gasteiger partial charge in [0.15, 0.2) is 9.84 Å². The van der Waals surface area contributed by atoms with Crippen LogP contribution in [-0.4, -0.2) is 67.9 Å². The van der Waals surface area contributed by atoms with Crippen LogP contribution in [0.4, 0.5) is 0 Å². The number of halogens is 2. The van der Waals surface area contributed by atoms with E-state index in [4.69, 9.17) is 10.2 Å². The van der Waals surface area contributed by atoms with Gasteiger partial charge in [-0.1, -0.05) is 85.5 Å². The van der Waals surface area contributed by atoms with Crippen molar-refractivity contribution in [3.63, 3.8) is 0 Å². The molecule has 0 heterocycles. The highest BCUT2D eigenvalue weighted by atomic mass is 79.9.